The van der Waals surface area contributed by atoms with Gasteiger partial charge >= 0.3 is 0 Å². The van der Waals surface area contributed by atoms with Gasteiger partial charge in [-0.1, -0.05) is 6.07 Å². The third-order valence-corrected chi connectivity index (χ3v) is 2.99. The lowest BCUT2D eigenvalue weighted by Crippen LogP contribution is -2.26. The first-order valence-electron chi connectivity index (χ1n) is 6.48. The molecule has 0 heterocycles. The van der Waals surface area contributed by atoms with Crippen LogP contribution in [0.25, 0.3) is 0 Å². The summed E-state index contributed by atoms with van der Waals surface area (Å²) in [6.45, 7) is 3.36. The summed E-state index contributed by atoms with van der Waals surface area (Å²) in [5.74, 6) is 1.14. The number of methoxy groups -OCH3 is 2. The maximum atomic E-state index is 11.7. The van der Waals surface area contributed by atoms with Crippen LogP contribution in [-0.4, -0.2) is 25.9 Å². The molecule has 1 rings (SSSR count). The molecule has 1 aromatic rings. The molecular formula is C15H21NO4. The van der Waals surface area contributed by atoms with E-state index < -0.39 is 0 Å². The van der Waals surface area contributed by atoms with Crippen LogP contribution in [0.1, 0.15) is 38.3 Å². The Bertz CT molecular complexity index is 485. The highest BCUT2D eigenvalue weighted by Gasteiger charge is 2.13. The molecule has 5 heteroatoms. The van der Waals surface area contributed by atoms with Crippen LogP contribution in [0, 0.1) is 0 Å². The van der Waals surface area contributed by atoms with Gasteiger partial charge in [-0.25, -0.2) is 0 Å². The van der Waals surface area contributed by atoms with Gasteiger partial charge < -0.3 is 19.6 Å². The first-order chi connectivity index (χ1) is 9.47. The topological polar surface area (TPSA) is 64.6 Å². The largest absolute Gasteiger partial charge is 0.493 e. The second kappa shape index (κ2) is 7.53. The van der Waals surface area contributed by atoms with Crippen LogP contribution in [0.2, 0.25) is 0 Å². The van der Waals surface area contributed by atoms with Crippen LogP contribution in [0.15, 0.2) is 18.2 Å². The van der Waals surface area contributed by atoms with E-state index in [-0.39, 0.29) is 30.6 Å². The van der Waals surface area contributed by atoms with E-state index in [9.17, 15) is 9.59 Å². The number of amides is 1. The van der Waals surface area contributed by atoms with E-state index in [2.05, 4.69) is 5.32 Å². The second-order valence-electron chi connectivity index (χ2n) is 4.61. The van der Waals surface area contributed by atoms with Crippen LogP contribution in [-0.2, 0) is 9.59 Å². The highest BCUT2D eigenvalue weighted by molar-refractivity contribution is 5.83. The first kappa shape index (κ1) is 16.0. The van der Waals surface area contributed by atoms with Crippen LogP contribution >= 0.6 is 0 Å². The van der Waals surface area contributed by atoms with Crippen molar-refractivity contribution < 1.29 is 19.1 Å². The average Bonchev–Trinajstić information content (AvgIpc) is 2.44. The molecule has 0 saturated carbocycles. The summed E-state index contributed by atoms with van der Waals surface area (Å²) in [6.07, 6.45) is 0.484. The van der Waals surface area contributed by atoms with E-state index in [1.54, 1.807) is 20.3 Å². The molecule has 0 spiro atoms. The highest BCUT2D eigenvalue weighted by Crippen LogP contribution is 2.29. The van der Waals surface area contributed by atoms with Gasteiger partial charge in [0.15, 0.2) is 11.5 Å². The molecule has 1 unspecified atom stereocenters. The number of carbonyl (C=O) groups is 2. The average molecular weight is 279 g/mol. The molecule has 5 nitrogen and oxygen atoms in total. The molecular weight excluding hydrogens is 258 g/mol. The standard InChI is InChI=1S/C15H21NO4/c1-10(17)5-8-15(18)16-11(2)12-6-7-13(19-3)14(9-12)20-4/h6-7,9,11H,5,8H2,1-4H3,(H,16,18). The van der Waals surface area contributed by atoms with Crippen LogP contribution < -0.4 is 14.8 Å². The SMILES string of the molecule is COc1ccc(C(C)NC(=O)CCC(C)=O)cc1OC. The van der Waals surface area contributed by atoms with Crippen LogP contribution in [0.3, 0.4) is 0 Å². The first-order valence-corrected chi connectivity index (χ1v) is 6.48. The Kier molecular flexibility index (Phi) is 6.03. The van der Waals surface area contributed by atoms with Crippen LogP contribution in [0.5, 0.6) is 11.5 Å². The zero-order chi connectivity index (χ0) is 15.1. The molecule has 0 aromatic heterocycles. The number of ether oxygens (including phenoxy) is 2. The van der Waals surface area contributed by atoms with Crippen molar-refractivity contribution in [2.75, 3.05) is 14.2 Å². The predicted octanol–water partition coefficient (Wildman–Crippen LogP) is 2.25. The number of rotatable bonds is 7. The van der Waals surface area contributed by atoms with Crippen molar-refractivity contribution in [2.24, 2.45) is 0 Å². The lowest BCUT2D eigenvalue weighted by molar-refractivity contribution is -0.125. The fourth-order valence-corrected chi connectivity index (χ4v) is 1.81. The minimum atomic E-state index is -0.158. The van der Waals surface area contributed by atoms with Gasteiger partial charge in [0.2, 0.25) is 5.91 Å². The summed E-state index contributed by atoms with van der Waals surface area (Å²) in [6, 6.07) is 5.34. The summed E-state index contributed by atoms with van der Waals surface area (Å²) >= 11 is 0. The normalized spacial score (nSPS) is 11.6. The summed E-state index contributed by atoms with van der Waals surface area (Å²) in [5, 5.41) is 2.85. The molecule has 1 N–H and O–H groups in total. The van der Waals surface area contributed by atoms with Crippen molar-refractivity contribution in [3.8, 4) is 11.5 Å². The van der Waals surface area contributed by atoms with Gasteiger partial charge in [-0.05, 0) is 31.5 Å². The molecule has 1 amide bonds. The lowest BCUT2D eigenvalue weighted by atomic mass is 10.1. The minimum Gasteiger partial charge on any atom is -0.493 e. The zero-order valence-electron chi connectivity index (χ0n) is 12.4. The van der Waals surface area contributed by atoms with E-state index in [0.717, 1.165) is 5.56 Å². The molecule has 0 aliphatic carbocycles. The number of carbonyl (C=O) groups excluding carboxylic acids is 2. The Balaban J connectivity index is 2.69. The predicted molar refractivity (Wildman–Crippen MR) is 76.0 cm³/mol. The minimum absolute atomic E-state index is 0.0129. The molecule has 0 aliphatic rings. The number of hydrogen-bond acceptors (Lipinski definition) is 4. The van der Waals surface area contributed by atoms with E-state index in [1.165, 1.54) is 6.92 Å². The van der Waals surface area contributed by atoms with Gasteiger partial charge in [-0.15, -0.1) is 0 Å². The van der Waals surface area contributed by atoms with Gasteiger partial charge in [0.1, 0.15) is 5.78 Å². The molecule has 0 saturated heterocycles. The third-order valence-electron chi connectivity index (χ3n) is 2.99. The molecule has 0 fully saturated rings. The number of benzene rings is 1. The third kappa shape index (κ3) is 4.57. The Morgan fingerprint density at radius 1 is 1.15 bits per heavy atom. The summed E-state index contributed by atoms with van der Waals surface area (Å²) < 4.78 is 10.4. The number of nitrogens with one attached hydrogen (secondary N) is 1. The lowest BCUT2D eigenvalue weighted by Gasteiger charge is -2.16. The fraction of sp³-hybridized carbons (Fsp3) is 0.467. The number of ketones is 1. The van der Waals surface area contributed by atoms with E-state index in [4.69, 9.17) is 9.47 Å². The molecule has 0 bridgehead atoms. The summed E-state index contributed by atoms with van der Waals surface area (Å²) in [7, 11) is 3.14. The van der Waals surface area contributed by atoms with E-state index in [0.29, 0.717) is 11.5 Å². The van der Waals surface area contributed by atoms with Crippen molar-refractivity contribution in [2.45, 2.75) is 32.7 Å². The van der Waals surface area contributed by atoms with Crippen molar-refractivity contribution in [1.82, 2.24) is 5.32 Å². The highest BCUT2D eigenvalue weighted by atomic mass is 16.5. The Hall–Kier alpha value is -2.04. The summed E-state index contributed by atoms with van der Waals surface area (Å²) in [5.41, 5.74) is 0.916. The van der Waals surface area contributed by atoms with Gasteiger partial charge in [-0.2, -0.15) is 0 Å². The van der Waals surface area contributed by atoms with Gasteiger partial charge in [0, 0.05) is 12.8 Å². The fourth-order valence-electron chi connectivity index (χ4n) is 1.81. The monoisotopic (exact) mass is 279 g/mol. The molecule has 110 valence electrons. The zero-order valence-corrected chi connectivity index (χ0v) is 12.4. The molecule has 1 atom stereocenters. The van der Waals surface area contributed by atoms with Crippen molar-refractivity contribution in [1.29, 1.82) is 0 Å². The number of hydrogen-bond donors (Lipinski definition) is 1. The number of Topliss-reactive ketones (excluding diaryl/α,β-unsaturated/α-hetero) is 1. The Morgan fingerprint density at radius 3 is 2.35 bits per heavy atom. The van der Waals surface area contributed by atoms with Gasteiger partial charge in [0.25, 0.3) is 0 Å². The summed E-state index contributed by atoms with van der Waals surface area (Å²) in [4.78, 5) is 22.5. The van der Waals surface area contributed by atoms with Crippen molar-refractivity contribution in [3.63, 3.8) is 0 Å². The molecule has 20 heavy (non-hydrogen) atoms. The van der Waals surface area contributed by atoms with E-state index >= 15 is 0 Å². The second-order valence-corrected chi connectivity index (χ2v) is 4.61. The smallest absolute Gasteiger partial charge is 0.220 e. The van der Waals surface area contributed by atoms with Crippen LogP contribution in [0.4, 0.5) is 0 Å². The molecule has 1 aromatic carbocycles. The van der Waals surface area contributed by atoms with Crippen molar-refractivity contribution in [3.05, 3.63) is 23.8 Å². The van der Waals surface area contributed by atoms with Crippen molar-refractivity contribution >= 4 is 11.7 Å². The quantitative estimate of drug-likeness (QED) is 0.831. The maximum Gasteiger partial charge on any atom is 0.220 e. The Morgan fingerprint density at radius 2 is 1.80 bits per heavy atom. The molecule has 0 aliphatic heterocycles. The van der Waals surface area contributed by atoms with Gasteiger partial charge in [0.05, 0.1) is 20.3 Å². The maximum absolute atomic E-state index is 11.7. The Labute approximate surface area is 119 Å². The van der Waals surface area contributed by atoms with E-state index in [1.807, 2.05) is 19.1 Å². The molecule has 0 radical (unpaired) electrons. The van der Waals surface area contributed by atoms with Gasteiger partial charge in [-0.3, -0.25) is 4.79 Å².